The second-order valence-corrected chi connectivity index (χ2v) is 16.4. The zero-order valence-electron chi connectivity index (χ0n) is 35.0. The molecular weight excluding hydrogens is 775 g/mol. The third-order valence-electron chi connectivity index (χ3n) is 12.7. The van der Waals surface area contributed by atoms with Gasteiger partial charge in [0.05, 0.1) is 5.69 Å². The van der Waals surface area contributed by atoms with Crippen LogP contribution in [0.25, 0.3) is 99.1 Å². The first-order valence-corrected chi connectivity index (χ1v) is 21.9. The fraction of sp³-hybridized carbons (Fsp3) is 0. The summed E-state index contributed by atoms with van der Waals surface area (Å²) in [4.78, 5) is 2.41. The van der Waals surface area contributed by atoms with Gasteiger partial charge in [-0.15, -0.1) is 0 Å². The van der Waals surface area contributed by atoms with Gasteiger partial charge < -0.3 is 9.32 Å². The first-order valence-electron chi connectivity index (χ1n) is 21.9. The van der Waals surface area contributed by atoms with E-state index < -0.39 is 0 Å². The zero-order chi connectivity index (χ0) is 42.4. The largest absolute Gasteiger partial charge is 0.456 e. The average Bonchev–Trinajstić information content (AvgIpc) is 3.76. The molecule has 11 aromatic carbocycles. The van der Waals surface area contributed by atoms with E-state index in [9.17, 15) is 0 Å². The van der Waals surface area contributed by atoms with Gasteiger partial charge in [-0.1, -0.05) is 200 Å². The molecule has 0 saturated carbocycles. The summed E-state index contributed by atoms with van der Waals surface area (Å²) in [5.41, 5.74) is 16.7. The topological polar surface area (TPSA) is 16.4 Å². The fourth-order valence-corrected chi connectivity index (χ4v) is 9.60. The molecule has 0 amide bonds. The average molecular weight is 816 g/mol. The number of rotatable bonds is 8. The number of benzene rings is 11. The van der Waals surface area contributed by atoms with Crippen LogP contribution in [0, 0.1) is 0 Å². The standard InChI is InChI=1S/C62H41NO/c1-2-16-47-40-49(35-32-42(47)14-1)55-22-6-5-21-54(55)48-18-11-19-51(41-48)63(59-27-9-7-23-56(59)57-26-13-29-61-62(57)58-24-8-10-28-60(58)64-61)50-38-36-44(37-39-50)43-30-33-46(34-31-43)53-25-12-17-45-15-3-4-20-52(45)53/h1-41H. The molecule has 1 aromatic heterocycles. The van der Waals surface area contributed by atoms with Gasteiger partial charge in [-0.25, -0.2) is 0 Å². The quantitative estimate of drug-likeness (QED) is 0.152. The van der Waals surface area contributed by atoms with Gasteiger partial charge in [0.1, 0.15) is 11.2 Å². The first kappa shape index (κ1) is 37.3. The predicted molar refractivity (Wildman–Crippen MR) is 271 cm³/mol. The van der Waals surface area contributed by atoms with Gasteiger partial charge in [-0.2, -0.15) is 0 Å². The maximum atomic E-state index is 6.41. The van der Waals surface area contributed by atoms with Crippen LogP contribution in [0.4, 0.5) is 17.1 Å². The smallest absolute Gasteiger partial charge is 0.136 e. The van der Waals surface area contributed by atoms with Gasteiger partial charge in [-0.05, 0) is 120 Å². The maximum absolute atomic E-state index is 6.41. The molecule has 0 radical (unpaired) electrons. The Kier molecular flexibility index (Phi) is 9.20. The molecule has 12 rings (SSSR count). The molecule has 1 heterocycles. The molecule has 0 spiro atoms. The Labute approximate surface area is 372 Å². The molecule has 0 aliphatic carbocycles. The van der Waals surface area contributed by atoms with Crippen LogP contribution >= 0.6 is 0 Å². The SMILES string of the molecule is c1cc(-c2ccccc2-c2ccc3ccccc3c2)cc(N(c2ccc(-c3ccc(-c4cccc5ccccc45)cc3)cc2)c2ccccc2-c2cccc3oc4ccccc4c23)c1. The fourth-order valence-electron chi connectivity index (χ4n) is 9.60. The molecule has 0 aliphatic rings. The molecule has 0 saturated heterocycles. The predicted octanol–water partition coefficient (Wildman–Crippen LogP) is 17.7. The van der Waals surface area contributed by atoms with Crippen molar-refractivity contribution in [3.8, 4) is 55.6 Å². The van der Waals surface area contributed by atoms with Crippen LogP contribution in [0.1, 0.15) is 0 Å². The third kappa shape index (κ3) is 6.61. The second-order valence-electron chi connectivity index (χ2n) is 16.4. The van der Waals surface area contributed by atoms with Crippen molar-refractivity contribution in [3.05, 3.63) is 249 Å². The number of hydrogen-bond donors (Lipinski definition) is 0. The zero-order valence-corrected chi connectivity index (χ0v) is 35.0. The summed E-state index contributed by atoms with van der Waals surface area (Å²) in [6.45, 7) is 0. The molecule has 12 aromatic rings. The Hall–Kier alpha value is -8.46. The lowest BCUT2D eigenvalue weighted by Crippen LogP contribution is -2.11. The summed E-state index contributed by atoms with van der Waals surface area (Å²) < 4.78 is 6.41. The Bertz CT molecular complexity index is 3670. The normalized spacial score (nSPS) is 11.4. The number of para-hydroxylation sites is 2. The number of nitrogens with zero attached hydrogens (tertiary/aromatic N) is 1. The second kappa shape index (κ2) is 15.8. The molecular formula is C62H41NO. The highest BCUT2D eigenvalue weighted by molar-refractivity contribution is 6.14. The van der Waals surface area contributed by atoms with Crippen LogP contribution in [0.3, 0.4) is 0 Å². The Morgan fingerprint density at radius 3 is 1.61 bits per heavy atom. The van der Waals surface area contributed by atoms with E-state index >= 15 is 0 Å². The van der Waals surface area contributed by atoms with Crippen molar-refractivity contribution in [2.24, 2.45) is 0 Å². The molecule has 0 N–H and O–H groups in total. The van der Waals surface area contributed by atoms with E-state index in [2.05, 4.69) is 248 Å². The van der Waals surface area contributed by atoms with Crippen LogP contribution in [0.5, 0.6) is 0 Å². The van der Waals surface area contributed by atoms with Crippen molar-refractivity contribution in [3.63, 3.8) is 0 Å². The number of fused-ring (bicyclic) bond motifs is 5. The van der Waals surface area contributed by atoms with Gasteiger partial charge in [0, 0.05) is 27.7 Å². The minimum Gasteiger partial charge on any atom is -0.456 e. The van der Waals surface area contributed by atoms with Crippen molar-refractivity contribution in [1.29, 1.82) is 0 Å². The highest BCUT2D eigenvalue weighted by atomic mass is 16.3. The van der Waals surface area contributed by atoms with E-state index in [-0.39, 0.29) is 0 Å². The van der Waals surface area contributed by atoms with E-state index in [4.69, 9.17) is 4.42 Å². The van der Waals surface area contributed by atoms with Gasteiger partial charge in [0.25, 0.3) is 0 Å². The van der Waals surface area contributed by atoms with E-state index in [0.717, 1.165) is 61.3 Å². The van der Waals surface area contributed by atoms with Crippen molar-refractivity contribution in [1.82, 2.24) is 0 Å². The highest BCUT2D eigenvalue weighted by Crippen LogP contribution is 2.46. The van der Waals surface area contributed by atoms with Crippen molar-refractivity contribution in [2.45, 2.75) is 0 Å². The summed E-state index contributed by atoms with van der Waals surface area (Å²) in [7, 11) is 0. The number of hydrogen-bond acceptors (Lipinski definition) is 2. The lowest BCUT2D eigenvalue weighted by atomic mass is 9.92. The third-order valence-corrected chi connectivity index (χ3v) is 12.7. The summed E-state index contributed by atoms with van der Waals surface area (Å²) in [6.07, 6.45) is 0. The summed E-state index contributed by atoms with van der Waals surface area (Å²) in [6, 6.07) is 89.7. The van der Waals surface area contributed by atoms with Crippen LogP contribution in [-0.4, -0.2) is 0 Å². The van der Waals surface area contributed by atoms with Gasteiger partial charge >= 0.3 is 0 Å². The number of anilines is 3. The van der Waals surface area contributed by atoms with Crippen molar-refractivity contribution in [2.75, 3.05) is 4.90 Å². The summed E-state index contributed by atoms with van der Waals surface area (Å²) in [5, 5.41) is 7.21. The molecule has 2 nitrogen and oxygen atoms in total. The van der Waals surface area contributed by atoms with E-state index in [1.54, 1.807) is 0 Å². The lowest BCUT2D eigenvalue weighted by Gasteiger charge is -2.29. The lowest BCUT2D eigenvalue weighted by molar-refractivity contribution is 0.669. The minimum absolute atomic E-state index is 0.878. The molecule has 0 aliphatic heterocycles. The van der Waals surface area contributed by atoms with Gasteiger partial charge in [0.15, 0.2) is 0 Å². The highest BCUT2D eigenvalue weighted by Gasteiger charge is 2.21. The van der Waals surface area contributed by atoms with Crippen molar-refractivity contribution >= 4 is 60.5 Å². The van der Waals surface area contributed by atoms with Gasteiger partial charge in [0.2, 0.25) is 0 Å². The van der Waals surface area contributed by atoms with Crippen LogP contribution in [0.2, 0.25) is 0 Å². The molecule has 64 heavy (non-hydrogen) atoms. The maximum Gasteiger partial charge on any atom is 0.136 e. The molecule has 0 bridgehead atoms. The molecule has 300 valence electrons. The van der Waals surface area contributed by atoms with Crippen LogP contribution in [-0.2, 0) is 0 Å². The van der Waals surface area contributed by atoms with Crippen molar-refractivity contribution < 1.29 is 4.42 Å². The molecule has 2 heteroatoms. The molecule has 0 fully saturated rings. The van der Waals surface area contributed by atoms with Crippen LogP contribution in [0.15, 0.2) is 253 Å². The van der Waals surface area contributed by atoms with E-state index in [1.807, 2.05) is 6.07 Å². The molecule has 0 unspecified atom stereocenters. The van der Waals surface area contributed by atoms with E-state index in [1.165, 1.54) is 54.9 Å². The monoisotopic (exact) mass is 815 g/mol. The number of furan rings is 1. The molecule has 0 atom stereocenters. The minimum atomic E-state index is 0.878. The summed E-state index contributed by atoms with van der Waals surface area (Å²) in [5.74, 6) is 0. The van der Waals surface area contributed by atoms with E-state index in [0.29, 0.717) is 0 Å². The Balaban J connectivity index is 0.987. The first-order chi connectivity index (χ1) is 31.7. The summed E-state index contributed by atoms with van der Waals surface area (Å²) >= 11 is 0. The van der Waals surface area contributed by atoms with Gasteiger partial charge in [-0.3, -0.25) is 0 Å². The Morgan fingerprint density at radius 2 is 0.797 bits per heavy atom. The van der Waals surface area contributed by atoms with Crippen LogP contribution < -0.4 is 4.90 Å². The Morgan fingerprint density at radius 1 is 0.266 bits per heavy atom.